The second-order valence-corrected chi connectivity index (χ2v) is 7.67. The molecule has 1 aliphatic rings. The topological polar surface area (TPSA) is 117 Å². The van der Waals surface area contributed by atoms with Crippen LogP contribution in [0, 0.1) is 0 Å². The second-order valence-electron chi connectivity index (χ2n) is 5.91. The molecule has 1 aliphatic heterocycles. The Balaban J connectivity index is 1.46. The standard InChI is InChI=1S/C17H17N5O5S/c23-17-5-4-16(21-8-1-6-18-21)20-22(17)9-7-19-28(24,25)13-2-3-14-15(12-13)27-11-10-26-14/h1-6,8,12,19H,7,9-11H2. The Kier molecular flexibility index (Phi) is 4.84. The van der Waals surface area contributed by atoms with E-state index in [1.54, 1.807) is 30.6 Å². The maximum atomic E-state index is 12.5. The molecule has 2 aromatic heterocycles. The van der Waals surface area contributed by atoms with E-state index in [-0.39, 0.29) is 23.5 Å². The molecule has 11 heteroatoms. The Morgan fingerprint density at radius 2 is 1.93 bits per heavy atom. The average molecular weight is 403 g/mol. The summed E-state index contributed by atoms with van der Waals surface area (Å²) >= 11 is 0. The van der Waals surface area contributed by atoms with Crippen LogP contribution in [0.3, 0.4) is 0 Å². The monoisotopic (exact) mass is 403 g/mol. The molecule has 0 amide bonds. The molecule has 1 aromatic carbocycles. The second kappa shape index (κ2) is 7.44. The van der Waals surface area contributed by atoms with Crippen molar-refractivity contribution in [3.63, 3.8) is 0 Å². The minimum absolute atomic E-state index is 0.00770. The lowest BCUT2D eigenvalue weighted by atomic mass is 10.3. The van der Waals surface area contributed by atoms with Crippen molar-refractivity contribution in [1.29, 1.82) is 0 Å². The number of sulfonamides is 1. The molecule has 0 spiro atoms. The van der Waals surface area contributed by atoms with Crippen LogP contribution in [0.15, 0.2) is 58.5 Å². The predicted octanol–water partition coefficient (Wildman–Crippen LogP) is 0.179. The third kappa shape index (κ3) is 3.75. The number of nitrogens with zero attached hydrogens (tertiary/aromatic N) is 4. The highest BCUT2D eigenvalue weighted by Crippen LogP contribution is 2.32. The van der Waals surface area contributed by atoms with Gasteiger partial charge in [-0.15, -0.1) is 5.10 Å². The van der Waals surface area contributed by atoms with E-state index < -0.39 is 10.0 Å². The first kappa shape index (κ1) is 18.2. The molecule has 1 N–H and O–H groups in total. The van der Waals surface area contributed by atoms with Gasteiger partial charge in [-0.3, -0.25) is 4.79 Å². The first-order valence-electron chi connectivity index (χ1n) is 8.50. The van der Waals surface area contributed by atoms with Gasteiger partial charge in [-0.05, 0) is 24.3 Å². The van der Waals surface area contributed by atoms with Gasteiger partial charge in [-0.2, -0.15) is 5.10 Å². The fourth-order valence-corrected chi connectivity index (χ4v) is 3.72. The van der Waals surface area contributed by atoms with E-state index in [1.807, 2.05) is 0 Å². The highest BCUT2D eigenvalue weighted by atomic mass is 32.2. The molecule has 0 unspecified atom stereocenters. The molecule has 10 nitrogen and oxygen atoms in total. The lowest BCUT2D eigenvalue weighted by Gasteiger charge is -2.19. The summed E-state index contributed by atoms with van der Waals surface area (Å²) in [5.74, 6) is 1.36. The summed E-state index contributed by atoms with van der Waals surface area (Å²) in [6, 6.07) is 9.06. The Bertz CT molecular complexity index is 1140. The third-order valence-corrected chi connectivity index (χ3v) is 5.49. The average Bonchev–Trinajstić information content (AvgIpc) is 3.24. The van der Waals surface area contributed by atoms with Crippen molar-refractivity contribution >= 4 is 10.0 Å². The van der Waals surface area contributed by atoms with Crippen LogP contribution in [0.25, 0.3) is 5.82 Å². The Labute approximate surface area is 160 Å². The van der Waals surface area contributed by atoms with Gasteiger partial charge in [0.1, 0.15) is 13.2 Å². The fourth-order valence-electron chi connectivity index (χ4n) is 2.68. The van der Waals surface area contributed by atoms with E-state index in [2.05, 4.69) is 14.9 Å². The van der Waals surface area contributed by atoms with Crippen molar-refractivity contribution in [2.45, 2.75) is 11.4 Å². The van der Waals surface area contributed by atoms with Crippen molar-refractivity contribution in [3.8, 4) is 17.3 Å². The summed E-state index contributed by atoms with van der Waals surface area (Å²) in [6.07, 6.45) is 3.29. The van der Waals surface area contributed by atoms with Crippen molar-refractivity contribution in [3.05, 3.63) is 59.1 Å². The molecular weight excluding hydrogens is 386 g/mol. The molecule has 3 aromatic rings. The molecule has 0 radical (unpaired) electrons. The molecule has 0 saturated carbocycles. The van der Waals surface area contributed by atoms with Gasteiger partial charge < -0.3 is 9.47 Å². The zero-order valence-electron chi connectivity index (χ0n) is 14.7. The largest absolute Gasteiger partial charge is 0.486 e. The van der Waals surface area contributed by atoms with E-state index in [0.29, 0.717) is 30.5 Å². The van der Waals surface area contributed by atoms with Crippen LogP contribution in [-0.4, -0.2) is 47.7 Å². The summed E-state index contributed by atoms with van der Waals surface area (Å²) in [5.41, 5.74) is -0.338. The predicted molar refractivity (Wildman–Crippen MR) is 98.2 cm³/mol. The normalized spacial score (nSPS) is 13.4. The quantitative estimate of drug-likeness (QED) is 0.624. The van der Waals surface area contributed by atoms with Crippen molar-refractivity contribution < 1.29 is 17.9 Å². The maximum Gasteiger partial charge on any atom is 0.266 e. The maximum absolute atomic E-state index is 12.5. The van der Waals surface area contributed by atoms with Crippen molar-refractivity contribution in [1.82, 2.24) is 24.3 Å². The van der Waals surface area contributed by atoms with Crippen molar-refractivity contribution in [2.75, 3.05) is 19.8 Å². The van der Waals surface area contributed by atoms with Gasteiger partial charge in [0.25, 0.3) is 5.56 Å². The van der Waals surface area contributed by atoms with Crippen LogP contribution in [0.1, 0.15) is 0 Å². The number of hydrogen-bond acceptors (Lipinski definition) is 7. The lowest BCUT2D eigenvalue weighted by molar-refractivity contribution is 0.171. The minimum Gasteiger partial charge on any atom is -0.486 e. The molecule has 0 aliphatic carbocycles. The third-order valence-electron chi connectivity index (χ3n) is 4.03. The number of benzene rings is 1. The lowest BCUT2D eigenvalue weighted by Crippen LogP contribution is -2.32. The van der Waals surface area contributed by atoms with E-state index in [9.17, 15) is 13.2 Å². The van der Waals surface area contributed by atoms with E-state index in [4.69, 9.17) is 9.47 Å². The molecular formula is C17H17N5O5S. The molecule has 28 heavy (non-hydrogen) atoms. The van der Waals surface area contributed by atoms with Gasteiger partial charge >= 0.3 is 0 Å². The Hall–Kier alpha value is -3.18. The van der Waals surface area contributed by atoms with Crippen LogP contribution in [0.4, 0.5) is 0 Å². The zero-order valence-corrected chi connectivity index (χ0v) is 15.5. The highest BCUT2D eigenvalue weighted by Gasteiger charge is 2.19. The smallest absolute Gasteiger partial charge is 0.266 e. The number of nitrogens with one attached hydrogen (secondary N) is 1. The summed E-state index contributed by atoms with van der Waals surface area (Å²) in [4.78, 5) is 12.0. The SMILES string of the molecule is O=c1ccc(-n2cccn2)nn1CCNS(=O)(=O)c1ccc2c(c1)OCCO2. The Morgan fingerprint density at radius 3 is 2.71 bits per heavy atom. The number of rotatable bonds is 6. The van der Waals surface area contributed by atoms with Gasteiger partial charge in [0.2, 0.25) is 10.0 Å². The molecule has 0 bridgehead atoms. The first-order valence-corrected chi connectivity index (χ1v) is 9.99. The van der Waals surface area contributed by atoms with Gasteiger partial charge in [0, 0.05) is 31.1 Å². The van der Waals surface area contributed by atoms with Crippen LogP contribution < -0.4 is 19.8 Å². The van der Waals surface area contributed by atoms with Crippen LogP contribution >= 0.6 is 0 Å². The zero-order chi connectivity index (χ0) is 19.6. The summed E-state index contributed by atoms with van der Waals surface area (Å²) < 4.78 is 41.0. The molecule has 146 valence electrons. The van der Waals surface area contributed by atoms with E-state index in [1.165, 1.54) is 27.6 Å². The Morgan fingerprint density at radius 1 is 1.11 bits per heavy atom. The van der Waals surface area contributed by atoms with Gasteiger partial charge in [-0.25, -0.2) is 22.5 Å². The molecule has 0 fully saturated rings. The number of aromatic nitrogens is 4. The number of fused-ring (bicyclic) bond motifs is 1. The first-order chi connectivity index (χ1) is 13.5. The van der Waals surface area contributed by atoms with E-state index >= 15 is 0 Å². The van der Waals surface area contributed by atoms with E-state index in [0.717, 1.165) is 0 Å². The summed E-state index contributed by atoms with van der Waals surface area (Å²) in [5, 5.41) is 8.25. The number of hydrogen-bond donors (Lipinski definition) is 1. The molecule has 4 rings (SSSR count). The molecule has 3 heterocycles. The molecule has 0 saturated heterocycles. The number of ether oxygens (including phenoxy) is 2. The summed E-state index contributed by atoms with van der Waals surface area (Å²) in [7, 11) is -3.78. The van der Waals surface area contributed by atoms with Crippen LogP contribution in [0.5, 0.6) is 11.5 Å². The van der Waals surface area contributed by atoms with Gasteiger partial charge in [0.05, 0.1) is 11.4 Å². The highest BCUT2D eigenvalue weighted by molar-refractivity contribution is 7.89. The fraction of sp³-hybridized carbons (Fsp3) is 0.235. The van der Waals surface area contributed by atoms with Crippen LogP contribution in [-0.2, 0) is 16.6 Å². The van der Waals surface area contributed by atoms with Crippen LogP contribution in [0.2, 0.25) is 0 Å². The summed E-state index contributed by atoms with van der Waals surface area (Å²) in [6.45, 7) is 0.853. The minimum atomic E-state index is -3.78. The molecule has 0 atom stereocenters. The van der Waals surface area contributed by atoms with Gasteiger partial charge in [-0.1, -0.05) is 0 Å². The van der Waals surface area contributed by atoms with Gasteiger partial charge in [0.15, 0.2) is 17.3 Å². The van der Waals surface area contributed by atoms with Crippen molar-refractivity contribution in [2.24, 2.45) is 0 Å².